The van der Waals surface area contributed by atoms with Gasteiger partial charge in [-0.2, -0.15) is 0 Å². The normalized spacial score (nSPS) is 17.1. The summed E-state index contributed by atoms with van der Waals surface area (Å²) in [5.74, 6) is 0.234. The fourth-order valence-corrected chi connectivity index (χ4v) is 7.66. The minimum Gasteiger partial charge on any atom is -0.456 e. The van der Waals surface area contributed by atoms with Crippen molar-refractivity contribution in [3.63, 3.8) is 0 Å². The van der Waals surface area contributed by atoms with Crippen molar-refractivity contribution < 1.29 is 8.83 Å². The molecule has 4 nitrogen and oxygen atoms in total. The number of anilines is 4. The molecule has 0 spiro atoms. The highest BCUT2D eigenvalue weighted by molar-refractivity contribution is 6.17. The van der Waals surface area contributed by atoms with Gasteiger partial charge in [-0.1, -0.05) is 91.0 Å². The van der Waals surface area contributed by atoms with Crippen LogP contribution in [0.4, 0.5) is 22.7 Å². The van der Waals surface area contributed by atoms with E-state index in [-0.39, 0.29) is 12.0 Å². The molecule has 2 aliphatic rings. The largest absolute Gasteiger partial charge is 0.456 e. The number of para-hydroxylation sites is 4. The van der Waals surface area contributed by atoms with E-state index in [0.717, 1.165) is 60.9 Å². The van der Waals surface area contributed by atoms with E-state index in [2.05, 4.69) is 143 Å². The first-order valence-electron chi connectivity index (χ1n) is 15.8. The summed E-state index contributed by atoms with van der Waals surface area (Å²) < 4.78 is 12.8. The third-order valence-corrected chi connectivity index (χ3v) is 9.57. The average Bonchev–Trinajstić information content (AvgIpc) is 3.79. The van der Waals surface area contributed by atoms with Crippen LogP contribution < -0.4 is 9.80 Å². The molecule has 10 rings (SSSR count). The number of benzene rings is 6. The predicted molar refractivity (Wildman–Crippen MR) is 188 cm³/mol. The summed E-state index contributed by atoms with van der Waals surface area (Å²) in [4.78, 5) is 4.90. The molecule has 218 valence electrons. The van der Waals surface area contributed by atoms with Crippen LogP contribution >= 0.6 is 0 Å². The number of fused-ring (bicyclic) bond motifs is 9. The molecule has 2 atom stereocenters. The topological polar surface area (TPSA) is 32.8 Å². The molecule has 0 radical (unpaired) electrons. The third-order valence-electron chi connectivity index (χ3n) is 9.57. The van der Waals surface area contributed by atoms with E-state index in [9.17, 15) is 0 Å². The first-order valence-corrected chi connectivity index (χ1v) is 15.8. The van der Waals surface area contributed by atoms with Gasteiger partial charge in [-0.3, -0.25) is 0 Å². The lowest BCUT2D eigenvalue weighted by atomic mass is 9.89. The summed E-state index contributed by atoms with van der Waals surface area (Å²) in [6.45, 7) is 0. The van der Waals surface area contributed by atoms with Gasteiger partial charge in [0, 0.05) is 33.8 Å². The summed E-state index contributed by atoms with van der Waals surface area (Å²) in [6, 6.07) is 49.0. The van der Waals surface area contributed by atoms with E-state index >= 15 is 0 Å². The highest BCUT2D eigenvalue weighted by atomic mass is 16.3. The Balaban J connectivity index is 1.26. The fraction of sp³-hybridized carbons (Fsp3) is 0.0476. The van der Waals surface area contributed by atoms with Crippen molar-refractivity contribution in [3.8, 4) is 0 Å². The average molecular weight is 593 g/mol. The van der Waals surface area contributed by atoms with Crippen LogP contribution in [0.2, 0.25) is 0 Å². The van der Waals surface area contributed by atoms with Gasteiger partial charge in [0.2, 0.25) is 0 Å². The third kappa shape index (κ3) is 3.61. The van der Waals surface area contributed by atoms with Crippen LogP contribution in [-0.2, 0) is 0 Å². The first kappa shape index (κ1) is 25.3. The molecule has 3 heterocycles. The molecule has 1 aliphatic carbocycles. The van der Waals surface area contributed by atoms with Gasteiger partial charge < -0.3 is 18.6 Å². The zero-order valence-electron chi connectivity index (χ0n) is 24.9. The van der Waals surface area contributed by atoms with Gasteiger partial charge in [0.05, 0.1) is 28.2 Å². The van der Waals surface area contributed by atoms with E-state index in [1.807, 2.05) is 24.3 Å². The predicted octanol–water partition coefficient (Wildman–Crippen LogP) is 11.4. The molecule has 0 N–H and O–H groups in total. The lowest BCUT2D eigenvalue weighted by molar-refractivity contribution is 0.668. The van der Waals surface area contributed by atoms with Gasteiger partial charge in [0.25, 0.3) is 0 Å². The SMILES string of the molecule is C1=CC2c3ccccc3N(c3ccccc3)C2C=C1N(c1cccc2oc3ccccc3c12)c1cccc2oc3ccccc3c12. The van der Waals surface area contributed by atoms with Crippen LogP contribution in [0.3, 0.4) is 0 Å². The summed E-state index contributed by atoms with van der Waals surface area (Å²) >= 11 is 0. The van der Waals surface area contributed by atoms with E-state index in [1.165, 1.54) is 16.9 Å². The monoisotopic (exact) mass is 592 g/mol. The first-order chi connectivity index (χ1) is 22.8. The van der Waals surface area contributed by atoms with Crippen LogP contribution in [0.5, 0.6) is 0 Å². The van der Waals surface area contributed by atoms with Gasteiger partial charge in [0.1, 0.15) is 22.3 Å². The fourth-order valence-electron chi connectivity index (χ4n) is 7.66. The van der Waals surface area contributed by atoms with Crippen molar-refractivity contribution in [1.29, 1.82) is 0 Å². The van der Waals surface area contributed by atoms with Crippen molar-refractivity contribution in [2.75, 3.05) is 9.80 Å². The van der Waals surface area contributed by atoms with E-state index in [4.69, 9.17) is 8.83 Å². The Bertz CT molecular complexity index is 2400. The van der Waals surface area contributed by atoms with Crippen LogP contribution in [0.15, 0.2) is 172 Å². The lowest BCUT2D eigenvalue weighted by Gasteiger charge is -2.34. The van der Waals surface area contributed by atoms with Gasteiger partial charge in [-0.05, 0) is 72.3 Å². The van der Waals surface area contributed by atoms with Gasteiger partial charge >= 0.3 is 0 Å². The Morgan fingerprint density at radius 2 is 1.09 bits per heavy atom. The Morgan fingerprint density at radius 3 is 1.76 bits per heavy atom. The summed E-state index contributed by atoms with van der Waals surface area (Å²) in [5, 5.41) is 4.38. The number of nitrogens with zero attached hydrogens (tertiary/aromatic N) is 2. The molecule has 0 amide bonds. The molecule has 0 fully saturated rings. The summed E-state index contributed by atoms with van der Waals surface area (Å²) in [5.41, 5.74) is 10.5. The second-order valence-electron chi connectivity index (χ2n) is 12.1. The zero-order valence-corrected chi connectivity index (χ0v) is 24.9. The maximum absolute atomic E-state index is 6.40. The van der Waals surface area contributed by atoms with E-state index in [0.29, 0.717) is 0 Å². The highest BCUT2D eigenvalue weighted by Gasteiger charge is 2.39. The van der Waals surface area contributed by atoms with Crippen LogP contribution in [0.1, 0.15) is 11.5 Å². The molecular weight excluding hydrogens is 564 g/mol. The summed E-state index contributed by atoms with van der Waals surface area (Å²) in [6.07, 6.45) is 7.13. The summed E-state index contributed by atoms with van der Waals surface area (Å²) in [7, 11) is 0. The Labute approximate surface area is 265 Å². The second kappa shape index (κ2) is 9.75. The maximum Gasteiger partial charge on any atom is 0.137 e. The number of hydrogen-bond acceptors (Lipinski definition) is 4. The molecule has 0 bridgehead atoms. The molecule has 2 unspecified atom stereocenters. The highest BCUT2D eigenvalue weighted by Crippen LogP contribution is 2.51. The Kier molecular flexibility index (Phi) is 5.37. The number of rotatable bonds is 4. The number of hydrogen-bond donors (Lipinski definition) is 0. The molecule has 8 aromatic rings. The second-order valence-corrected chi connectivity index (χ2v) is 12.1. The smallest absolute Gasteiger partial charge is 0.137 e. The zero-order chi connectivity index (χ0) is 30.2. The van der Waals surface area contributed by atoms with E-state index in [1.54, 1.807) is 0 Å². The standard InChI is InChI=1S/C42H28N2O2/c1-2-12-27(13-3-1)43-33-17-7-4-14-29(33)30-25-24-28(26-36(30)43)44(34-18-10-22-39-41(34)31-15-5-8-20-37(31)45-39)35-19-11-23-40-42(35)32-16-6-9-21-38(32)46-40/h1-26,30,36H. The van der Waals surface area contributed by atoms with Crippen molar-refractivity contribution in [2.45, 2.75) is 12.0 Å². The molecule has 46 heavy (non-hydrogen) atoms. The molecule has 0 saturated heterocycles. The minimum atomic E-state index is 0.0999. The van der Waals surface area contributed by atoms with Gasteiger partial charge in [-0.15, -0.1) is 0 Å². The Hall–Kier alpha value is -6.00. The van der Waals surface area contributed by atoms with Crippen molar-refractivity contribution in [3.05, 3.63) is 169 Å². The van der Waals surface area contributed by atoms with Crippen LogP contribution in [-0.4, -0.2) is 6.04 Å². The maximum atomic E-state index is 6.40. The number of allylic oxidation sites excluding steroid dienone is 1. The molecule has 0 saturated carbocycles. The van der Waals surface area contributed by atoms with Crippen molar-refractivity contribution in [1.82, 2.24) is 0 Å². The molecule has 2 aromatic heterocycles. The quantitative estimate of drug-likeness (QED) is 0.204. The molecule has 1 aliphatic heterocycles. The lowest BCUT2D eigenvalue weighted by Crippen LogP contribution is -2.31. The van der Waals surface area contributed by atoms with Gasteiger partial charge in [-0.25, -0.2) is 0 Å². The molecular formula is C42H28N2O2. The van der Waals surface area contributed by atoms with Crippen LogP contribution in [0, 0.1) is 0 Å². The Morgan fingerprint density at radius 1 is 0.522 bits per heavy atom. The van der Waals surface area contributed by atoms with Crippen LogP contribution in [0.25, 0.3) is 43.9 Å². The molecule has 4 heteroatoms. The van der Waals surface area contributed by atoms with E-state index < -0.39 is 0 Å². The number of furan rings is 2. The minimum absolute atomic E-state index is 0.0999. The van der Waals surface area contributed by atoms with Crippen molar-refractivity contribution in [2.24, 2.45) is 0 Å². The molecule has 6 aromatic carbocycles. The van der Waals surface area contributed by atoms with Crippen molar-refractivity contribution >= 4 is 66.6 Å². The van der Waals surface area contributed by atoms with Gasteiger partial charge in [0.15, 0.2) is 0 Å².